The normalized spacial score (nSPS) is 25.5. The fraction of sp³-hybridized carbons (Fsp3) is 0.632. The Hall–Kier alpha value is -0.850. The van der Waals surface area contributed by atoms with E-state index >= 15 is 0 Å². The van der Waals surface area contributed by atoms with Crippen LogP contribution in [0, 0.1) is 0 Å². The third kappa shape index (κ3) is 5.83. The Morgan fingerprint density at radius 2 is 1.81 bits per heavy atom. The van der Waals surface area contributed by atoms with Crippen molar-refractivity contribution in [1.29, 1.82) is 0 Å². The maximum absolute atomic E-state index is 13.1. The quantitative estimate of drug-likeness (QED) is 0.808. The monoisotopic (exact) mass is 402 g/mol. The van der Waals surface area contributed by atoms with Crippen LogP contribution >= 0.6 is 24.8 Å². The summed E-state index contributed by atoms with van der Waals surface area (Å²) in [5, 5.41) is 6.79. The zero-order valence-electron chi connectivity index (χ0n) is 15.7. The first-order valence-electron chi connectivity index (χ1n) is 9.16. The van der Waals surface area contributed by atoms with E-state index in [9.17, 15) is 4.79 Å². The molecule has 0 aliphatic carbocycles. The van der Waals surface area contributed by atoms with Gasteiger partial charge in [-0.15, -0.1) is 24.8 Å². The molecule has 2 N–H and O–H groups in total. The van der Waals surface area contributed by atoms with Gasteiger partial charge in [0.2, 0.25) is 5.91 Å². The van der Waals surface area contributed by atoms with Gasteiger partial charge in [0.1, 0.15) is 6.04 Å². The Kier molecular flexibility index (Phi) is 9.90. The van der Waals surface area contributed by atoms with Gasteiger partial charge in [0.15, 0.2) is 0 Å². The van der Waals surface area contributed by atoms with Gasteiger partial charge in [-0.3, -0.25) is 9.69 Å². The summed E-state index contributed by atoms with van der Waals surface area (Å²) in [6, 6.07) is 10.6. The van der Waals surface area contributed by atoms with Crippen LogP contribution in [0.2, 0.25) is 0 Å². The Morgan fingerprint density at radius 3 is 2.42 bits per heavy atom. The third-order valence-electron chi connectivity index (χ3n) is 5.36. The van der Waals surface area contributed by atoms with E-state index in [4.69, 9.17) is 0 Å². The molecular formula is C19H32Cl2N4O. The number of hydrogen-bond donors (Lipinski definition) is 2. The molecule has 2 fully saturated rings. The standard InChI is InChI=1S/C19H30N4O.2ClH/c1-15-17(9-6-10-20-15)21-19(24)18(16-7-4-3-5-8-16)23-13-11-22(2)12-14-23;;/h3-5,7-8,15,17-18,20H,6,9-14H2,1-2H3,(H,21,24);2*1H. The van der Waals surface area contributed by atoms with Crippen molar-refractivity contribution in [3.05, 3.63) is 35.9 Å². The molecule has 1 amide bonds. The molecule has 0 spiro atoms. The molecule has 1 aromatic carbocycles. The number of piperazine rings is 1. The highest BCUT2D eigenvalue weighted by Crippen LogP contribution is 2.23. The van der Waals surface area contributed by atoms with E-state index in [1.165, 1.54) is 0 Å². The minimum absolute atomic E-state index is 0. The first kappa shape index (κ1) is 23.2. The van der Waals surface area contributed by atoms with Crippen molar-refractivity contribution in [2.24, 2.45) is 0 Å². The second kappa shape index (κ2) is 11.1. The number of carbonyl (C=O) groups excluding carboxylic acids is 1. The Balaban J connectivity index is 0.00000169. The molecule has 3 atom stereocenters. The Bertz CT molecular complexity index is 538. The predicted octanol–water partition coefficient (Wildman–Crippen LogP) is 2.08. The van der Waals surface area contributed by atoms with Crippen LogP contribution in [0.15, 0.2) is 30.3 Å². The SMILES string of the molecule is CC1NCCCC1NC(=O)C(c1ccccc1)N1CCN(C)CC1.Cl.Cl. The Labute approximate surface area is 169 Å². The zero-order valence-corrected chi connectivity index (χ0v) is 17.3. The smallest absolute Gasteiger partial charge is 0.242 e. The van der Waals surface area contributed by atoms with E-state index in [-0.39, 0.29) is 42.8 Å². The van der Waals surface area contributed by atoms with E-state index in [1.807, 2.05) is 18.2 Å². The number of halogens is 2. The number of amides is 1. The molecule has 1 aromatic rings. The number of benzene rings is 1. The molecule has 0 bridgehead atoms. The molecule has 7 heteroatoms. The fourth-order valence-corrected chi connectivity index (χ4v) is 3.75. The summed E-state index contributed by atoms with van der Waals surface area (Å²) < 4.78 is 0. The summed E-state index contributed by atoms with van der Waals surface area (Å²) in [7, 11) is 2.14. The summed E-state index contributed by atoms with van der Waals surface area (Å²) in [6.45, 7) is 7.10. The Morgan fingerprint density at radius 1 is 1.15 bits per heavy atom. The molecule has 2 saturated heterocycles. The number of rotatable bonds is 4. The molecule has 3 unspecified atom stereocenters. The van der Waals surface area contributed by atoms with Crippen LogP contribution in [0.1, 0.15) is 31.4 Å². The summed E-state index contributed by atoms with van der Waals surface area (Å²) in [5.74, 6) is 0.145. The van der Waals surface area contributed by atoms with Gasteiger partial charge >= 0.3 is 0 Å². The van der Waals surface area contributed by atoms with Gasteiger partial charge in [-0.25, -0.2) is 0 Å². The second-order valence-electron chi connectivity index (χ2n) is 7.15. The highest BCUT2D eigenvalue weighted by atomic mass is 35.5. The fourth-order valence-electron chi connectivity index (χ4n) is 3.75. The lowest BCUT2D eigenvalue weighted by Gasteiger charge is -2.39. The zero-order chi connectivity index (χ0) is 16.9. The van der Waals surface area contributed by atoms with E-state index in [0.29, 0.717) is 6.04 Å². The van der Waals surface area contributed by atoms with E-state index in [1.54, 1.807) is 0 Å². The van der Waals surface area contributed by atoms with Crippen LogP contribution in [0.3, 0.4) is 0 Å². The van der Waals surface area contributed by atoms with Crippen LogP contribution in [-0.2, 0) is 4.79 Å². The third-order valence-corrected chi connectivity index (χ3v) is 5.36. The van der Waals surface area contributed by atoms with Crippen molar-refractivity contribution in [3.63, 3.8) is 0 Å². The highest BCUT2D eigenvalue weighted by Gasteiger charge is 2.32. The van der Waals surface area contributed by atoms with Crippen molar-refractivity contribution < 1.29 is 4.79 Å². The molecule has 2 heterocycles. The van der Waals surface area contributed by atoms with Gasteiger partial charge in [0.25, 0.3) is 0 Å². The number of nitrogens with one attached hydrogen (secondary N) is 2. The maximum Gasteiger partial charge on any atom is 0.242 e. The van der Waals surface area contributed by atoms with Crippen LogP contribution in [0.5, 0.6) is 0 Å². The first-order chi connectivity index (χ1) is 11.6. The number of hydrogen-bond acceptors (Lipinski definition) is 4. The van der Waals surface area contributed by atoms with Crippen LogP contribution in [-0.4, -0.2) is 67.6 Å². The average molecular weight is 403 g/mol. The maximum atomic E-state index is 13.1. The molecule has 5 nitrogen and oxygen atoms in total. The molecule has 148 valence electrons. The molecule has 0 saturated carbocycles. The summed E-state index contributed by atoms with van der Waals surface area (Å²) >= 11 is 0. The summed E-state index contributed by atoms with van der Waals surface area (Å²) in [5.41, 5.74) is 1.09. The van der Waals surface area contributed by atoms with Gasteiger partial charge in [0, 0.05) is 38.3 Å². The van der Waals surface area contributed by atoms with Crippen LogP contribution in [0.4, 0.5) is 0 Å². The van der Waals surface area contributed by atoms with Crippen LogP contribution in [0.25, 0.3) is 0 Å². The lowest BCUT2D eigenvalue weighted by Crippen LogP contribution is -2.55. The second-order valence-corrected chi connectivity index (χ2v) is 7.15. The molecule has 0 aromatic heterocycles. The number of piperidine rings is 1. The van der Waals surface area contributed by atoms with Crippen molar-refractivity contribution in [2.75, 3.05) is 39.8 Å². The van der Waals surface area contributed by atoms with E-state index in [2.05, 4.69) is 46.5 Å². The predicted molar refractivity (Wildman–Crippen MR) is 111 cm³/mol. The minimum atomic E-state index is -0.186. The topological polar surface area (TPSA) is 47.6 Å². The number of carbonyl (C=O) groups is 1. The first-order valence-corrected chi connectivity index (χ1v) is 9.16. The van der Waals surface area contributed by atoms with Gasteiger partial charge < -0.3 is 15.5 Å². The van der Waals surface area contributed by atoms with Crippen molar-refractivity contribution in [2.45, 2.75) is 37.9 Å². The van der Waals surface area contributed by atoms with Gasteiger partial charge in [-0.05, 0) is 38.9 Å². The largest absolute Gasteiger partial charge is 0.350 e. The molecule has 3 rings (SSSR count). The molecule has 0 radical (unpaired) electrons. The summed E-state index contributed by atoms with van der Waals surface area (Å²) in [4.78, 5) is 17.8. The molecule has 2 aliphatic heterocycles. The van der Waals surface area contributed by atoms with Crippen molar-refractivity contribution in [1.82, 2.24) is 20.4 Å². The highest BCUT2D eigenvalue weighted by molar-refractivity contribution is 5.85. The molecular weight excluding hydrogens is 371 g/mol. The van der Waals surface area contributed by atoms with Gasteiger partial charge in [-0.1, -0.05) is 30.3 Å². The van der Waals surface area contributed by atoms with Gasteiger partial charge in [0.05, 0.1) is 0 Å². The lowest BCUT2D eigenvalue weighted by molar-refractivity contribution is -0.128. The summed E-state index contributed by atoms with van der Waals surface area (Å²) in [6.07, 6.45) is 2.18. The number of nitrogens with zero attached hydrogens (tertiary/aromatic N) is 2. The lowest BCUT2D eigenvalue weighted by atomic mass is 9.98. The molecule has 26 heavy (non-hydrogen) atoms. The van der Waals surface area contributed by atoms with Crippen molar-refractivity contribution >= 4 is 30.7 Å². The minimum Gasteiger partial charge on any atom is -0.350 e. The van der Waals surface area contributed by atoms with E-state index < -0.39 is 0 Å². The van der Waals surface area contributed by atoms with Gasteiger partial charge in [-0.2, -0.15) is 0 Å². The van der Waals surface area contributed by atoms with Crippen LogP contribution < -0.4 is 10.6 Å². The molecule has 2 aliphatic rings. The number of likely N-dealkylation sites (N-methyl/N-ethyl adjacent to an activating group) is 1. The van der Waals surface area contributed by atoms with E-state index in [0.717, 1.165) is 51.1 Å². The average Bonchev–Trinajstić information content (AvgIpc) is 2.60. The van der Waals surface area contributed by atoms with Crippen molar-refractivity contribution in [3.8, 4) is 0 Å².